The van der Waals surface area contributed by atoms with Gasteiger partial charge in [-0.1, -0.05) is 24.8 Å². The molecule has 0 spiro atoms. The van der Waals surface area contributed by atoms with E-state index in [4.69, 9.17) is 0 Å². The summed E-state index contributed by atoms with van der Waals surface area (Å²) < 4.78 is 0. The van der Waals surface area contributed by atoms with Crippen molar-refractivity contribution >= 4 is 5.91 Å². The molecule has 3 nitrogen and oxygen atoms in total. The maximum atomic E-state index is 11.2. The van der Waals surface area contributed by atoms with Crippen LogP contribution >= 0.6 is 0 Å². The van der Waals surface area contributed by atoms with Crippen LogP contribution in [-0.4, -0.2) is 24.9 Å². The van der Waals surface area contributed by atoms with Crippen molar-refractivity contribution in [2.45, 2.75) is 13.8 Å². The van der Waals surface area contributed by atoms with Crippen LogP contribution in [0.1, 0.15) is 23.1 Å². The van der Waals surface area contributed by atoms with E-state index in [1.807, 2.05) is 13.0 Å². The van der Waals surface area contributed by atoms with E-state index >= 15 is 0 Å². The predicted molar refractivity (Wildman–Crippen MR) is 53.5 cm³/mol. The summed E-state index contributed by atoms with van der Waals surface area (Å²) in [5.41, 5.74) is 1.41. The van der Waals surface area contributed by atoms with Gasteiger partial charge in [-0.05, 0) is 0 Å². The molecule has 0 aromatic carbocycles. The number of hydrogen-bond donors (Lipinski definition) is 0. The van der Waals surface area contributed by atoms with Crippen LogP contribution in [0.4, 0.5) is 0 Å². The Balaban J connectivity index is 0. The molecule has 1 aromatic rings. The van der Waals surface area contributed by atoms with E-state index in [0.29, 0.717) is 5.69 Å². The minimum atomic E-state index is -0.0434. The summed E-state index contributed by atoms with van der Waals surface area (Å²) in [6.45, 7) is 6.87. The fourth-order valence-corrected chi connectivity index (χ4v) is 0.812. The SMILES string of the molecule is Cc1ccc(C(=O)N(C)C)[n-]1.[CH2-]C.[La]. The van der Waals surface area contributed by atoms with E-state index in [-0.39, 0.29) is 41.5 Å². The van der Waals surface area contributed by atoms with Crippen molar-refractivity contribution in [3.8, 4) is 0 Å². The molecular formula is C10H16LaN2O-2. The Labute approximate surface area is 114 Å². The fraction of sp³-hybridized carbons (Fsp3) is 0.400. The van der Waals surface area contributed by atoms with Gasteiger partial charge in [0.2, 0.25) is 5.91 Å². The van der Waals surface area contributed by atoms with Gasteiger partial charge in [-0.15, -0.1) is 0 Å². The molecule has 0 saturated carbocycles. The van der Waals surface area contributed by atoms with E-state index in [2.05, 4.69) is 11.9 Å². The molecule has 0 aliphatic heterocycles. The molecule has 1 heterocycles. The van der Waals surface area contributed by atoms with Crippen molar-refractivity contribution in [1.29, 1.82) is 0 Å². The number of aromatic nitrogens is 1. The summed E-state index contributed by atoms with van der Waals surface area (Å²) in [5.74, 6) is -0.0434. The number of amides is 1. The van der Waals surface area contributed by atoms with Crippen LogP contribution in [0.15, 0.2) is 12.1 Å². The van der Waals surface area contributed by atoms with Gasteiger partial charge in [0.05, 0.1) is 0 Å². The fourth-order valence-electron chi connectivity index (χ4n) is 0.812. The molecule has 0 N–H and O–H groups in total. The summed E-state index contributed by atoms with van der Waals surface area (Å²) in [7, 11) is 3.43. The average molecular weight is 319 g/mol. The Morgan fingerprint density at radius 2 is 1.86 bits per heavy atom. The van der Waals surface area contributed by atoms with Gasteiger partial charge in [-0.2, -0.15) is 12.6 Å². The second-order valence-corrected chi connectivity index (χ2v) is 2.67. The van der Waals surface area contributed by atoms with Gasteiger partial charge in [-0.3, -0.25) is 4.79 Å². The number of hydrogen-bond acceptors (Lipinski definition) is 1. The second-order valence-electron chi connectivity index (χ2n) is 2.67. The van der Waals surface area contributed by atoms with Gasteiger partial charge in [0.1, 0.15) is 0 Å². The summed E-state index contributed by atoms with van der Waals surface area (Å²) in [4.78, 5) is 16.8. The first-order valence-corrected chi connectivity index (χ1v) is 4.14. The average Bonchev–Trinajstić information content (AvgIpc) is 2.54. The maximum absolute atomic E-state index is 11.2. The minimum absolute atomic E-state index is 0. The minimum Gasteiger partial charge on any atom is -0.657 e. The Hall–Kier alpha value is -0.0552. The van der Waals surface area contributed by atoms with E-state index in [1.165, 1.54) is 4.90 Å². The molecule has 1 radical (unpaired) electrons. The molecule has 1 amide bonds. The molecule has 0 aliphatic rings. The van der Waals surface area contributed by atoms with Crippen molar-refractivity contribution in [2.24, 2.45) is 0 Å². The summed E-state index contributed by atoms with van der Waals surface area (Å²) in [6.07, 6.45) is 0. The zero-order valence-corrected chi connectivity index (χ0v) is 12.9. The molecule has 1 aromatic heterocycles. The second kappa shape index (κ2) is 8.27. The molecule has 0 unspecified atom stereocenters. The molecule has 77 valence electrons. The van der Waals surface area contributed by atoms with Crippen molar-refractivity contribution in [3.05, 3.63) is 30.4 Å². The van der Waals surface area contributed by atoms with Crippen LogP contribution in [-0.2, 0) is 0 Å². The van der Waals surface area contributed by atoms with Crippen LogP contribution < -0.4 is 4.98 Å². The first kappa shape index (κ1) is 16.4. The largest absolute Gasteiger partial charge is 0.657 e. The van der Waals surface area contributed by atoms with E-state index in [9.17, 15) is 4.79 Å². The quantitative estimate of drug-likeness (QED) is 0.735. The predicted octanol–water partition coefficient (Wildman–Crippen LogP) is 1.49. The van der Waals surface area contributed by atoms with E-state index in [0.717, 1.165) is 5.69 Å². The summed E-state index contributed by atoms with van der Waals surface area (Å²) in [5, 5.41) is 0. The molecule has 0 saturated heterocycles. The molecule has 14 heavy (non-hydrogen) atoms. The third-order valence-corrected chi connectivity index (χ3v) is 1.40. The van der Waals surface area contributed by atoms with Crippen molar-refractivity contribution < 1.29 is 40.4 Å². The summed E-state index contributed by atoms with van der Waals surface area (Å²) in [6, 6.07) is 3.56. The maximum Gasteiger partial charge on any atom is 0.231 e. The monoisotopic (exact) mass is 319 g/mol. The Morgan fingerprint density at radius 3 is 2.14 bits per heavy atom. The smallest absolute Gasteiger partial charge is 0.231 e. The number of carbonyl (C=O) groups excluding carboxylic acids is 1. The molecule has 4 heteroatoms. The Bertz CT molecular complexity index is 269. The van der Waals surface area contributed by atoms with Crippen molar-refractivity contribution in [3.63, 3.8) is 0 Å². The summed E-state index contributed by atoms with van der Waals surface area (Å²) >= 11 is 0. The zero-order chi connectivity index (χ0) is 10.4. The standard InChI is InChI=1S/C8H12N2O.C2H5.La/c1-6-4-5-7(9-6)8(11)10(2)3;1-2;/h4-5H,1-3H3,(H,9,11);1H2,2H3;/q;-1;/p-1. The first-order valence-electron chi connectivity index (χ1n) is 4.14. The van der Waals surface area contributed by atoms with E-state index < -0.39 is 0 Å². The molecule has 0 bridgehead atoms. The van der Waals surface area contributed by atoms with E-state index in [1.54, 1.807) is 27.1 Å². The molecule has 0 atom stereocenters. The Morgan fingerprint density at radius 1 is 1.36 bits per heavy atom. The van der Waals surface area contributed by atoms with Gasteiger partial charge < -0.3 is 16.8 Å². The molecule has 0 fully saturated rings. The zero-order valence-electron chi connectivity index (χ0n) is 9.24. The number of nitrogens with zero attached hydrogens (tertiary/aromatic N) is 2. The van der Waals surface area contributed by atoms with Crippen LogP contribution in [0, 0.1) is 49.4 Å². The third-order valence-electron chi connectivity index (χ3n) is 1.40. The van der Waals surface area contributed by atoms with Crippen LogP contribution in [0.2, 0.25) is 0 Å². The van der Waals surface area contributed by atoms with Gasteiger partial charge in [0.25, 0.3) is 0 Å². The topological polar surface area (TPSA) is 34.4 Å². The van der Waals surface area contributed by atoms with Crippen molar-refractivity contribution in [2.75, 3.05) is 14.1 Å². The number of aryl methyl sites for hydroxylation is 1. The number of rotatable bonds is 1. The molecule has 0 aliphatic carbocycles. The van der Waals surface area contributed by atoms with Gasteiger partial charge in [0, 0.05) is 49.7 Å². The van der Waals surface area contributed by atoms with Crippen LogP contribution in [0.5, 0.6) is 0 Å². The first-order chi connectivity index (χ1) is 6.11. The molecule has 1 rings (SSSR count). The number of carbonyl (C=O) groups is 1. The van der Waals surface area contributed by atoms with Gasteiger partial charge in [0.15, 0.2) is 0 Å². The van der Waals surface area contributed by atoms with Crippen LogP contribution in [0.25, 0.3) is 0 Å². The van der Waals surface area contributed by atoms with Crippen LogP contribution in [0.3, 0.4) is 0 Å². The normalized spacial score (nSPS) is 8.07. The van der Waals surface area contributed by atoms with Gasteiger partial charge in [-0.25, -0.2) is 0 Å². The Kier molecular flexibility index (Phi) is 9.67. The van der Waals surface area contributed by atoms with Crippen molar-refractivity contribution in [1.82, 2.24) is 9.88 Å². The van der Waals surface area contributed by atoms with Gasteiger partial charge >= 0.3 is 0 Å². The third kappa shape index (κ3) is 4.98. The molecular weight excluding hydrogens is 303 g/mol.